The minimum Gasteiger partial charge on any atom is -0.496 e. The molecule has 0 aliphatic carbocycles. The molecule has 2 aliphatic rings. The zero-order valence-corrected chi connectivity index (χ0v) is 15.2. The molecule has 6 heteroatoms. The van der Waals surface area contributed by atoms with E-state index in [-0.39, 0.29) is 23.8 Å². The van der Waals surface area contributed by atoms with Gasteiger partial charge in [0.05, 0.1) is 7.11 Å². The fraction of sp³-hybridized carbons (Fsp3) is 0.579. The maximum Gasteiger partial charge on any atom is 0.246 e. The summed E-state index contributed by atoms with van der Waals surface area (Å²) in [5, 5.41) is 2.94. The van der Waals surface area contributed by atoms with Crippen LogP contribution in [0.15, 0.2) is 24.3 Å². The van der Waals surface area contributed by atoms with Gasteiger partial charge in [0.1, 0.15) is 17.8 Å². The summed E-state index contributed by atoms with van der Waals surface area (Å²) in [6.07, 6.45) is 0.870. The van der Waals surface area contributed by atoms with E-state index >= 15 is 0 Å². The number of para-hydroxylation sites is 1. The molecule has 0 aromatic heterocycles. The Morgan fingerprint density at radius 1 is 1.28 bits per heavy atom. The van der Waals surface area contributed by atoms with Crippen molar-refractivity contribution in [1.29, 1.82) is 0 Å². The largest absolute Gasteiger partial charge is 0.496 e. The Bertz CT molecular complexity index is 649. The summed E-state index contributed by atoms with van der Waals surface area (Å²) < 4.78 is 5.41. The van der Waals surface area contributed by atoms with Crippen molar-refractivity contribution in [2.75, 3.05) is 26.7 Å². The van der Waals surface area contributed by atoms with Crippen LogP contribution < -0.4 is 10.1 Å². The Morgan fingerprint density at radius 3 is 2.76 bits per heavy atom. The number of benzene rings is 1. The van der Waals surface area contributed by atoms with Crippen molar-refractivity contribution in [3.05, 3.63) is 29.8 Å². The first-order valence-corrected chi connectivity index (χ1v) is 9.00. The van der Waals surface area contributed by atoms with Crippen LogP contribution in [0.2, 0.25) is 0 Å². The van der Waals surface area contributed by atoms with Crippen LogP contribution in [0, 0.1) is 5.92 Å². The number of carbonyl (C=O) groups is 2. The molecule has 0 saturated carbocycles. The van der Waals surface area contributed by atoms with E-state index in [1.165, 1.54) is 0 Å². The van der Waals surface area contributed by atoms with Gasteiger partial charge in [-0.25, -0.2) is 0 Å². The molecule has 2 saturated heterocycles. The Kier molecular flexibility index (Phi) is 5.27. The number of methoxy groups -OCH3 is 1. The van der Waals surface area contributed by atoms with Gasteiger partial charge >= 0.3 is 0 Å². The highest BCUT2D eigenvalue weighted by atomic mass is 16.5. The van der Waals surface area contributed by atoms with Crippen LogP contribution in [-0.4, -0.2) is 60.4 Å². The predicted molar refractivity (Wildman–Crippen MR) is 95.2 cm³/mol. The van der Waals surface area contributed by atoms with Crippen LogP contribution in [0.5, 0.6) is 5.75 Å². The zero-order chi connectivity index (χ0) is 18.0. The normalized spacial score (nSPS) is 25.3. The smallest absolute Gasteiger partial charge is 0.246 e. The van der Waals surface area contributed by atoms with Crippen LogP contribution in [-0.2, 0) is 16.1 Å². The SMILES string of the molecule is CC[C@H](C)[C@@H]1NC(=O)[C@H]2CN(Cc3ccccc3OC)CCN2C1=O. The van der Waals surface area contributed by atoms with Gasteiger partial charge in [-0.05, 0) is 12.0 Å². The monoisotopic (exact) mass is 345 g/mol. The lowest BCUT2D eigenvalue weighted by molar-refractivity contribution is -0.154. The van der Waals surface area contributed by atoms with Gasteiger partial charge in [0.2, 0.25) is 11.8 Å². The first-order chi connectivity index (χ1) is 12.0. The topological polar surface area (TPSA) is 61.9 Å². The molecule has 3 atom stereocenters. The number of fused-ring (bicyclic) bond motifs is 1. The summed E-state index contributed by atoms with van der Waals surface area (Å²) in [7, 11) is 1.67. The predicted octanol–water partition coefficient (Wildman–Crippen LogP) is 1.25. The highest BCUT2D eigenvalue weighted by molar-refractivity contribution is 5.97. The second-order valence-corrected chi connectivity index (χ2v) is 6.97. The Balaban J connectivity index is 1.70. The van der Waals surface area contributed by atoms with Gasteiger partial charge in [-0.15, -0.1) is 0 Å². The molecule has 0 spiro atoms. The highest BCUT2D eigenvalue weighted by Crippen LogP contribution is 2.24. The third-order valence-electron chi connectivity index (χ3n) is 5.41. The van der Waals surface area contributed by atoms with Gasteiger partial charge in [-0.2, -0.15) is 0 Å². The van der Waals surface area contributed by atoms with Crippen molar-refractivity contribution >= 4 is 11.8 Å². The van der Waals surface area contributed by atoms with E-state index in [1.54, 1.807) is 12.0 Å². The van der Waals surface area contributed by atoms with Gasteiger partial charge < -0.3 is 15.0 Å². The Morgan fingerprint density at radius 2 is 2.04 bits per heavy atom. The number of rotatable bonds is 5. The standard InChI is InChI=1S/C19H27N3O3/c1-4-13(2)17-19(24)22-10-9-21(12-15(22)18(23)20-17)11-14-7-5-6-8-16(14)25-3/h5-8,13,15,17H,4,9-12H2,1-3H3,(H,20,23)/t13-,15+,17-/m0/s1. The zero-order valence-electron chi connectivity index (χ0n) is 15.2. The molecule has 25 heavy (non-hydrogen) atoms. The van der Waals surface area contributed by atoms with Crippen molar-refractivity contribution in [3.63, 3.8) is 0 Å². The molecule has 0 radical (unpaired) electrons. The molecule has 2 fully saturated rings. The van der Waals surface area contributed by atoms with Crippen molar-refractivity contribution in [3.8, 4) is 5.75 Å². The number of carbonyl (C=O) groups excluding carboxylic acids is 2. The van der Waals surface area contributed by atoms with E-state index in [1.807, 2.05) is 38.1 Å². The van der Waals surface area contributed by atoms with E-state index in [9.17, 15) is 9.59 Å². The van der Waals surface area contributed by atoms with E-state index < -0.39 is 6.04 Å². The summed E-state index contributed by atoms with van der Waals surface area (Å²) in [6.45, 7) is 6.69. The summed E-state index contributed by atoms with van der Waals surface area (Å²) in [4.78, 5) is 29.3. The van der Waals surface area contributed by atoms with E-state index in [0.29, 0.717) is 19.6 Å². The van der Waals surface area contributed by atoms with Gasteiger partial charge in [-0.3, -0.25) is 14.5 Å². The average molecular weight is 345 g/mol. The van der Waals surface area contributed by atoms with Crippen LogP contribution in [0.25, 0.3) is 0 Å². The molecule has 2 amide bonds. The first-order valence-electron chi connectivity index (χ1n) is 9.00. The number of nitrogens with zero attached hydrogens (tertiary/aromatic N) is 2. The molecule has 3 rings (SSSR count). The minimum atomic E-state index is -0.392. The maximum atomic E-state index is 12.7. The highest BCUT2D eigenvalue weighted by Gasteiger charge is 2.44. The Hall–Kier alpha value is -2.08. The maximum absolute atomic E-state index is 12.7. The Labute approximate surface area is 149 Å². The summed E-state index contributed by atoms with van der Waals surface area (Å²) in [5.74, 6) is 1.04. The summed E-state index contributed by atoms with van der Waals surface area (Å²) in [6, 6.07) is 7.14. The number of nitrogens with one attached hydrogen (secondary N) is 1. The molecule has 0 bridgehead atoms. The molecular formula is C19H27N3O3. The van der Waals surface area contributed by atoms with Crippen molar-refractivity contribution in [2.24, 2.45) is 5.92 Å². The number of hydrogen-bond donors (Lipinski definition) is 1. The molecule has 2 aliphatic heterocycles. The van der Waals surface area contributed by atoms with Gasteiger partial charge in [-0.1, -0.05) is 38.5 Å². The van der Waals surface area contributed by atoms with Gasteiger partial charge in [0, 0.05) is 31.7 Å². The number of amides is 2. The molecule has 1 N–H and O–H groups in total. The van der Waals surface area contributed by atoms with Gasteiger partial charge in [0.25, 0.3) is 0 Å². The molecular weight excluding hydrogens is 318 g/mol. The quantitative estimate of drug-likeness (QED) is 0.873. The van der Waals surface area contributed by atoms with Crippen molar-refractivity contribution in [2.45, 2.75) is 38.9 Å². The first kappa shape index (κ1) is 17.7. The average Bonchev–Trinajstić information content (AvgIpc) is 2.64. The second-order valence-electron chi connectivity index (χ2n) is 6.97. The van der Waals surface area contributed by atoms with Crippen LogP contribution in [0.1, 0.15) is 25.8 Å². The molecule has 6 nitrogen and oxygen atoms in total. The third-order valence-corrected chi connectivity index (χ3v) is 5.41. The number of hydrogen-bond acceptors (Lipinski definition) is 4. The number of piperazine rings is 2. The van der Waals surface area contributed by atoms with E-state index in [2.05, 4.69) is 10.2 Å². The van der Waals surface area contributed by atoms with Crippen LogP contribution in [0.4, 0.5) is 0 Å². The lowest BCUT2D eigenvalue weighted by Crippen LogP contribution is -2.70. The molecule has 1 aromatic rings. The van der Waals surface area contributed by atoms with E-state index in [4.69, 9.17) is 4.74 Å². The molecule has 136 valence electrons. The molecule has 0 unspecified atom stereocenters. The fourth-order valence-electron chi connectivity index (χ4n) is 3.66. The number of ether oxygens (including phenoxy) is 1. The van der Waals surface area contributed by atoms with Crippen molar-refractivity contribution in [1.82, 2.24) is 15.1 Å². The van der Waals surface area contributed by atoms with Crippen LogP contribution >= 0.6 is 0 Å². The van der Waals surface area contributed by atoms with Gasteiger partial charge in [0.15, 0.2) is 0 Å². The lowest BCUT2D eigenvalue weighted by Gasteiger charge is -2.46. The molecule has 2 heterocycles. The van der Waals surface area contributed by atoms with Crippen molar-refractivity contribution < 1.29 is 14.3 Å². The van der Waals surface area contributed by atoms with E-state index in [0.717, 1.165) is 24.3 Å². The summed E-state index contributed by atoms with van der Waals surface area (Å²) in [5.41, 5.74) is 1.10. The third kappa shape index (κ3) is 3.49. The summed E-state index contributed by atoms with van der Waals surface area (Å²) >= 11 is 0. The van der Waals surface area contributed by atoms with Crippen LogP contribution in [0.3, 0.4) is 0 Å². The minimum absolute atomic E-state index is 0.0328. The second kappa shape index (κ2) is 7.44. The molecule has 1 aromatic carbocycles. The fourth-order valence-corrected chi connectivity index (χ4v) is 3.66. The lowest BCUT2D eigenvalue weighted by atomic mass is 9.93.